The topological polar surface area (TPSA) is 9.23 Å². The number of hydrogen-bond donors (Lipinski definition) is 0. The molecule has 1 unspecified atom stereocenters. The summed E-state index contributed by atoms with van der Waals surface area (Å²) in [5.41, 5.74) is 0. The molecular weight excluding hydrogens is 360 g/mol. The predicted octanol–water partition coefficient (Wildman–Crippen LogP) is 5.07. The quantitative estimate of drug-likeness (QED) is 0.688. The van der Waals surface area contributed by atoms with Crippen LogP contribution in [0, 0.1) is 0 Å². The molecule has 0 fully saturated rings. The first kappa shape index (κ1) is 11.6. The molecule has 1 atom stereocenters. The van der Waals surface area contributed by atoms with Crippen LogP contribution in [0.25, 0.3) is 0 Å². The van der Waals surface area contributed by atoms with E-state index in [1.807, 2.05) is 11.4 Å². The maximum absolute atomic E-state index is 5.31. The van der Waals surface area contributed by atoms with Crippen molar-refractivity contribution in [2.75, 3.05) is 7.11 Å². The second kappa shape index (κ2) is 4.99. The summed E-state index contributed by atoms with van der Waals surface area (Å²) in [5.74, 6) is 0.950. The van der Waals surface area contributed by atoms with Crippen molar-refractivity contribution in [3.05, 3.63) is 37.1 Å². The molecule has 2 heterocycles. The van der Waals surface area contributed by atoms with Crippen LogP contribution in [-0.4, -0.2) is 7.11 Å². The van der Waals surface area contributed by atoms with Crippen LogP contribution in [0.4, 0.5) is 0 Å². The Morgan fingerprint density at radius 1 is 1.33 bits per heavy atom. The van der Waals surface area contributed by atoms with Gasteiger partial charge in [-0.25, -0.2) is 0 Å². The van der Waals surface area contributed by atoms with Crippen LogP contribution < -0.4 is 4.74 Å². The molecule has 0 aliphatic heterocycles. The Bertz CT molecular complexity index is 450. The van der Waals surface area contributed by atoms with E-state index in [0.717, 1.165) is 9.54 Å². The van der Waals surface area contributed by atoms with Gasteiger partial charge in [-0.2, -0.15) is 0 Å². The van der Waals surface area contributed by atoms with Crippen LogP contribution >= 0.6 is 54.5 Å². The molecule has 2 rings (SSSR count). The van der Waals surface area contributed by atoms with Gasteiger partial charge in [-0.3, -0.25) is 0 Å². The first-order chi connectivity index (χ1) is 7.22. The van der Waals surface area contributed by atoms with E-state index in [1.165, 1.54) is 9.75 Å². The third kappa shape index (κ3) is 2.46. The van der Waals surface area contributed by atoms with Gasteiger partial charge in [0.2, 0.25) is 0 Å². The molecule has 0 saturated heterocycles. The van der Waals surface area contributed by atoms with Crippen LogP contribution in [0.3, 0.4) is 0 Å². The molecule has 5 heteroatoms. The number of ether oxygens (including phenoxy) is 1. The Hall–Kier alpha value is 0.160. The second-order valence-electron chi connectivity index (χ2n) is 2.86. The van der Waals surface area contributed by atoms with E-state index in [9.17, 15) is 0 Å². The monoisotopic (exact) mass is 366 g/mol. The molecule has 0 saturated carbocycles. The number of alkyl halides is 1. The second-order valence-corrected chi connectivity index (χ2v) is 7.22. The normalized spacial score (nSPS) is 12.7. The molecule has 0 N–H and O–H groups in total. The molecule has 0 spiro atoms. The number of halogens is 2. The van der Waals surface area contributed by atoms with E-state index < -0.39 is 0 Å². The molecule has 0 radical (unpaired) electrons. The minimum absolute atomic E-state index is 0.226. The third-order valence-electron chi connectivity index (χ3n) is 1.95. The smallest absolute Gasteiger partial charge is 0.134 e. The zero-order valence-electron chi connectivity index (χ0n) is 7.87. The minimum atomic E-state index is 0.226. The first-order valence-corrected chi connectivity index (χ1v) is 7.63. The maximum Gasteiger partial charge on any atom is 0.134 e. The summed E-state index contributed by atoms with van der Waals surface area (Å²) in [4.78, 5) is 2.72. The van der Waals surface area contributed by atoms with Gasteiger partial charge in [-0.15, -0.1) is 22.7 Å². The Morgan fingerprint density at radius 2 is 2.13 bits per heavy atom. The highest BCUT2D eigenvalue weighted by Crippen LogP contribution is 2.43. The van der Waals surface area contributed by atoms with Gasteiger partial charge >= 0.3 is 0 Å². The zero-order valence-corrected chi connectivity index (χ0v) is 12.7. The van der Waals surface area contributed by atoms with Crippen molar-refractivity contribution in [2.24, 2.45) is 0 Å². The molecule has 0 aliphatic rings. The zero-order chi connectivity index (χ0) is 10.8. The third-order valence-corrected chi connectivity index (χ3v) is 6.16. The predicted molar refractivity (Wildman–Crippen MR) is 73.7 cm³/mol. The molecule has 0 aromatic carbocycles. The van der Waals surface area contributed by atoms with Gasteiger partial charge in [0.1, 0.15) is 5.75 Å². The Kier molecular flexibility index (Phi) is 3.88. The summed E-state index contributed by atoms with van der Waals surface area (Å²) in [6, 6.07) is 6.18. The molecule has 1 nitrogen and oxygen atoms in total. The number of hydrogen-bond acceptors (Lipinski definition) is 3. The summed E-state index contributed by atoms with van der Waals surface area (Å²) >= 11 is 10.6. The van der Waals surface area contributed by atoms with Crippen molar-refractivity contribution >= 4 is 54.5 Å². The van der Waals surface area contributed by atoms with E-state index in [-0.39, 0.29) is 4.83 Å². The largest absolute Gasteiger partial charge is 0.496 e. The molecule has 2 aromatic heterocycles. The standard InChI is InChI=1S/C10H8Br2OS2/c1-13-6-4-5-14-10(6)9(12)7-2-3-8(11)15-7/h2-5,9H,1H3. The van der Waals surface area contributed by atoms with E-state index in [2.05, 4.69) is 44.0 Å². The number of rotatable bonds is 3. The molecule has 0 amide bonds. The van der Waals surface area contributed by atoms with Crippen LogP contribution in [0.5, 0.6) is 5.75 Å². The van der Waals surface area contributed by atoms with Crippen molar-refractivity contribution < 1.29 is 4.74 Å². The average Bonchev–Trinajstić information content (AvgIpc) is 2.84. The minimum Gasteiger partial charge on any atom is -0.496 e. The molecule has 2 aromatic rings. The lowest BCUT2D eigenvalue weighted by atomic mass is 10.3. The van der Waals surface area contributed by atoms with E-state index in [1.54, 1.807) is 29.8 Å². The SMILES string of the molecule is COc1ccsc1C(Br)c1ccc(Br)s1. The van der Waals surface area contributed by atoms with Crippen molar-refractivity contribution in [1.29, 1.82) is 0 Å². The van der Waals surface area contributed by atoms with Crippen LogP contribution in [0.1, 0.15) is 14.6 Å². The fraction of sp³-hybridized carbons (Fsp3) is 0.200. The van der Waals surface area contributed by atoms with Gasteiger partial charge in [-0.05, 0) is 39.5 Å². The van der Waals surface area contributed by atoms with Gasteiger partial charge in [0.15, 0.2) is 0 Å². The molecule has 15 heavy (non-hydrogen) atoms. The van der Waals surface area contributed by atoms with Crippen molar-refractivity contribution in [1.82, 2.24) is 0 Å². The van der Waals surface area contributed by atoms with Gasteiger partial charge < -0.3 is 4.74 Å². The van der Waals surface area contributed by atoms with E-state index in [4.69, 9.17) is 4.74 Å². The summed E-state index contributed by atoms with van der Waals surface area (Å²) in [6.07, 6.45) is 0. The maximum atomic E-state index is 5.31. The fourth-order valence-electron chi connectivity index (χ4n) is 1.26. The highest BCUT2D eigenvalue weighted by Gasteiger charge is 2.18. The highest BCUT2D eigenvalue weighted by atomic mass is 79.9. The van der Waals surface area contributed by atoms with Gasteiger partial charge in [-0.1, -0.05) is 15.9 Å². The Balaban J connectivity index is 2.31. The number of thiophene rings is 2. The first-order valence-electron chi connectivity index (χ1n) is 4.23. The van der Waals surface area contributed by atoms with Crippen molar-refractivity contribution in [3.63, 3.8) is 0 Å². The molecule has 80 valence electrons. The summed E-state index contributed by atoms with van der Waals surface area (Å²) in [7, 11) is 1.70. The summed E-state index contributed by atoms with van der Waals surface area (Å²) in [5, 5.41) is 2.05. The lowest BCUT2D eigenvalue weighted by Gasteiger charge is -2.07. The highest BCUT2D eigenvalue weighted by molar-refractivity contribution is 9.11. The molecule has 0 bridgehead atoms. The molecule has 0 aliphatic carbocycles. The Labute approximate surface area is 113 Å². The lowest BCUT2D eigenvalue weighted by molar-refractivity contribution is 0.413. The summed E-state index contributed by atoms with van der Waals surface area (Å²) < 4.78 is 6.46. The van der Waals surface area contributed by atoms with Crippen molar-refractivity contribution in [2.45, 2.75) is 4.83 Å². The van der Waals surface area contributed by atoms with Crippen LogP contribution in [0.15, 0.2) is 27.4 Å². The van der Waals surface area contributed by atoms with E-state index >= 15 is 0 Å². The lowest BCUT2D eigenvalue weighted by Crippen LogP contribution is -1.89. The van der Waals surface area contributed by atoms with Gasteiger partial charge in [0.25, 0.3) is 0 Å². The molecular formula is C10H8Br2OS2. The van der Waals surface area contributed by atoms with Gasteiger partial charge in [0.05, 0.1) is 20.6 Å². The average molecular weight is 368 g/mol. The van der Waals surface area contributed by atoms with Gasteiger partial charge in [0, 0.05) is 4.88 Å². The van der Waals surface area contributed by atoms with Crippen LogP contribution in [0.2, 0.25) is 0 Å². The number of methoxy groups -OCH3 is 1. The van der Waals surface area contributed by atoms with Crippen molar-refractivity contribution in [3.8, 4) is 5.75 Å². The fourth-order valence-corrected chi connectivity index (χ4v) is 4.58. The van der Waals surface area contributed by atoms with Crippen LogP contribution in [-0.2, 0) is 0 Å². The van der Waals surface area contributed by atoms with E-state index in [0.29, 0.717) is 0 Å². The summed E-state index contributed by atoms with van der Waals surface area (Å²) in [6.45, 7) is 0. The Morgan fingerprint density at radius 3 is 2.73 bits per heavy atom.